The Kier molecular flexibility index (Phi) is 6.03. The highest BCUT2D eigenvalue weighted by molar-refractivity contribution is 7.90. The summed E-state index contributed by atoms with van der Waals surface area (Å²) in [5.74, 6) is 0.682. The standard InChI is InChI=1S/C12H21N3O4S/c1-15(2)10(11-5-4-7-19-11)9-14-12(16)13-6-8-20(3,17)18/h4-5,7,10H,6,8-9H2,1-3H3,(H2,13,14,16)/t10-/m1/s1. The van der Waals surface area contributed by atoms with Crippen molar-refractivity contribution in [2.24, 2.45) is 0 Å². The fraction of sp³-hybridized carbons (Fsp3) is 0.583. The number of sulfone groups is 1. The Morgan fingerprint density at radius 1 is 1.40 bits per heavy atom. The van der Waals surface area contributed by atoms with Crippen molar-refractivity contribution >= 4 is 15.9 Å². The van der Waals surface area contributed by atoms with Crippen molar-refractivity contribution in [3.63, 3.8) is 0 Å². The van der Waals surface area contributed by atoms with Crippen LogP contribution in [0.3, 0.4) is 0 Å². The second-order valence-electron chi connectivity index (χ2n) is 4.76. The largest absolute Gasteiger partial charge is 0.468 e. The van der Waals surface area contributed by atoms with Crippen LogP contribution in [0, 0.1) is 0 Å². The van der Waals surface area contributed by atoms with E-state index in [4.69, 9.17) is 4.42 Å². The zero-order valence-corrected chi connectivity index (χ0v) is 12.7. The van der Waals surface area contributed by atoms with E-state index < -0.39 is 15.9 Å². The molecule has 8 heteroatoms. The third-order valence-corrected chi connectivity index (χ3v) is 3.66. The Hall–Kier alpha value is -1.54. The Labute approximate surface area is 119 Å². The Bertz CT molecular complexity index is 511. The molecule has 1 rings (SSSR count). The van der Waals surface area contributed by atoms with Crippen LogP contribution in [0.25, 0.3) is 0 Å². The predicted molar refractivity (Wildman–Crippen MR) is 76.2 cm³/mol. The highest BCUT2D eigenvalue weighted by Gasteiger charge is 2.17. The van der Waals surface area contributed by atoms with Gasteiger partial charge in [0, 0.05) is 19.3 Å². The summed E-state index contributed by atoms with van der Waals surface area (Å²) in [5, 5.41) is 5.19. The van der Waals surface area contributed by atoms with Gasteiger partial charge >= 0.3 is 6.03 Å². The Morgan fingerprint density at radius 3 is 2.60 bits per heavy atom. The number of nitrogens with one attached hydrogen (secondary N) is 2. The molecular formula is C12H21N3O4S. The number of nitrogens with zero attached hydrogens (tertiary/aromatic N) is 1. The molecule has 0 saturated heterocycles. The first kappa shape index (κ1) is 16.5. The average molecular weight is 303 g/mol. The van der Waals surface area contributed by atoms with Gasteiger partial charge in [-0.2, -0.15) is 0 Å². The number of hydrogen-bond acceptors (Lipinski definition) is 5. The first-order valence-corrected chi connectivity index (χ1v) is 8.25. The van der Waals surface area contributed by atoms with Gasteiger partial charge in [-0.1, -0.05) is 0 Å². The molecule has 2 amide bonds. The number of likely N-dealkylation sites (N-methyl/N-ethyl adjacent to an activating group) is 1. The lowest BCUT2D eigenvalue weighted by Gasteiger charge is -2.22. The molecular weight excluding hydrogens is 282 g/mol. The molecule has 0 unspecified atom stereocenters. The Balaban J connectivity index is 2.38. The monoisotopic (exact) mass is 303 g/mol. The van der Waals surface area contributed by atoms with E-state index in [1.807, 2.05) is 25.1 Å². The van der Waals surface area contributed by atoms with Crippen LogP contribution in [0.2, 0.25) is 0 Å². The van der Waals surface area contributed by atoms with Gasteiger partial charge in [-0.3, -0.25) is 4.90 Å². The van der Waals surface area contributed by atoms with Crippen molar-refractivity contribution in [1.82, 2.24) is 15.5 Å². The van der Waals surface area contributed by atoms with Crippen molar-refractivity contribution in [2.45, 2.75) is 6.04 Å². The second-order valence-corrected chi connectivity index (χ2v) is 7.02. The molecule has 0 aliphatic heterocycles. The van der Waals surface area contributed by atoms with Gasteiger partial charge in [0.1, 0.15) is 15.6 Å². The molecule has 0 fully saturated rings. The van der Waals surface area contributed by atoms with Crippen LogP contribution in [-0.2, 0) is 9.84 Å². The van der Waals surface area contributed by atoms with Gasteiger partial charge in [-0.05, 0) is 26.2 Å². The lowest BCUT2D eigenvalue weighted by atomic mass is 10.2. The Morgan fingerprint density at radius 2 is 2.10 bits per heavy atom. The first-order valence-electron chi connectivity index (χ1n) is 6.19. The number of amides is 2. The van der Waals surface area contributed by atoms with E-state index in [-0.39, 0.29) is 18.3 Å². The molecule has 2 N–H and O–H groups in total. The fourth-order valence-electron chi connectivity index (χ4n) is 1.62. The van der Waals surface area contributed by atoms with E-state index in [1.165, 1.54) is 0 Å². The quantitative estimate of drug-likeness (QED) is 0.752. The van der Waals surface area contributed by atoms with Crippen LogP contribution in [0.1, 0.15) is 11.8 Å². The summed E-state index contributed by atoms with van der Waals surface area (Å²) in [4.78, 5) is 13.5. The lowest BCUT2D eigenvalue weighted by molar-refractivity contribution is 0.226. The number of urea groups is 1. The summed E-state index contributed by atoms with van der Waals surface area (Å²) >= 11 is 0. The fourth-order valence-corrected chi connectivity index (χ4v) is 2.09. The minimum atomic E-state index is -3.07. The molecule has 7 nitrogen and oxygen atoms in total. The molecule has 0 saturated carbocycles. The van der Waals surface area contributed by atoms with Crippen molar-refractivity contribution < 1.29 is 17.6 Å². The smallest absolute Gasteiger partial charge is 0.314 e. The molecule has 1 aromatic rings. The summed E-state index contributed by atoms with van der Waals surface area (Å²) in [6.45, 7) is 0.462. The first-order chi connectivity index (χ1) is 9.29. The molecule has 1 atom stereocenters. The van der Waals surface area contributed by atoms with Gasteiger partial charge in [0.05, 0.1) is 18.1 Å². The van der Waals surface area contributed by atoms with E-state index in [0.717, 1.165) is 12.0 Å². The molecule has 0 aromatic carbocycles. The van der Waals surface area contributed by atoms with Crippen molar-refractivity contribution in [2.75, 3.05) is 39.2 Å². The zero-order valence-electron chi connectivity index (χ0n) is 11.9. The minimum absolute atomic E-state index is 0.0737. The van der Waals surface area contributed by atoms with E-state index in [0.29, 0.717) is 6.54 Å². The zero-order chi connectivity index (χ0) is 15.2. The van der Waals surface area contributed by atoms with Crippen LogP contribution >= 0.6 is 0 Å². The van der Waals surface area contributed by atoms with Gasteiger partial charge < -0.3 is 15.1 Å². The van der Waals surface area contributed by atoms with Crippen molar-refractivity contribution in [3.8, 4) is 0 Å². The SMILES string of the molecule is CN(C)[C@H](CNC(=O)NCCS(C)(=O)=O)c1ccco1. The third kappa shape index (κ3) is 6.07. The topological polar surface area (TPSA) is 91.7 Å². The minimum Gasteiger partial charge on any atom is -0.468 e. The summed E-state index contributed by atoms with van der Waals surface area (Å²) in [6.07, 6.45) is 2.71. The van der Waals surface area contributed by atoms with Crippen LogP contribution in [0.4, 0.5) is 4.79 Å². The highest BCUT2D eigenvalue weighted by atomic mass is 32.2. The summed E-state index contributed by atoms with van der Waals surface area (Å²) in [7, 11) is 0.705. The summed E-state index contributed by atoms with van der Waals surface area (Å²) in [5.41, 5.74) is 0. The molecule has 0 aliphatic carbocycles. The lowest BCUT2D eigenvalue weighted by Crippen LogP contribution is -2.41. The molecule has 0 radical (unpaired) electrons. The normalized spacial score (nSPS) is 13.2. The molecule has 0 bridgehead atoms. The van der Waals surface area contributed by atoms with Gasteiger partial charge in [0.2, 0.25) is 0 Å². The molecule has 1 heterocycles. The highest BCUT2D eigenvalue weighted by Crippen LogP contribution is 2.17. The number of furan rings is 1. The molecule has 0 spiro atoms. The number of carbonyl (C=O) groups is 1. The molecule has 114 valence electrons. The molecule has 20 heavy (non-hydrogen) atoms. The van der Waals surface area contributed by atoms with E-state index >= 15 is 0 Å². The average Bonchev–Trinajstić information content (AvgIpc) is 2.80. The van der Waals surface area contributed by atoms with Crippen LogP contribution in [-0.4, -0.2) is 58.5 Å². The van der Waals surface area contributed by atoms with E-state index in [1.54, 1.807) is 12.3 Å². The number of hydrogen-bond donors (Lipinski definition) is 2. The predicted octanol–water partition coefficient (Wildman–Crippen LogP) is 0.226. The maximum Gasteiger partial charge on any atom is 0.314 e. The number of carbonyl (C=O) groups excluding carboxylic acids is 1. The second kappa shape index (κ2) is 7.30. The van der Waals surface area contributed by atoms with Crippen molar-refractivity contribution in [1.29, 1.82) is 0 Å². The van der Waals surface area contributed by atoms with Crippen LogP contribution < -0.4 is 10.6 Å². The maximum absolute atomic E-state index is 11.6. The summed E-state index contributed by atoms with van der Waals surface area (Å²) < 4.78 is 27.2. The molecule has 0 aliphatic rings. The summed E-state index contributed by atoms with van der Waals surface area (Å²) in [6, 6.07) is 3.16. The van der Waals surface area contributed by atoms with Gasteiger partial charge in [0.25, 0.3) is 0 Å². The van der Waals surface area contributed by atoms with E-state index in [9.17, 15) is 13.2 Å². The van der Waals surface area contributed by atoms with Crippen LogP contribution in [0.5, 0.6) is 0 Å². The number of rotatable bonds is 7. The van der Waals surface area contributed by atoms with E-state index in [2.05, 4.69) is 10.6 Å². The molecule has 1 aromatic heterocycles. The van der Waals surface area contributed by atoms with Crippen LogP contribution in [0.15, 0.2) is 22.8 Å². The van der Waals surface area contributed by atoms with Gasteiger partial charge in [-0.25, -0.2) is 13.2 Å². The maximum atomic E-state index is 11.6. The van der Waals surface area contributed by atoms with Crippen molar-refractivity contribution in [3.05, 3.63) is 24.2 Å². The third-order valence-electron chi connectivity index (χ3n) is 2.71. The van der Waals surface area contributed by atoms with Gasteiger partial charge in [0.15, 0.2) is 0 Å². The van der Waals surface area contributed by atoms with Gasteiger partial charge in [-0.15, -0.1) is 0 Å².